The summed E-state index contributed by atoms with van der Waals surface area (Å²) in [5.74, 6) is 1.32. The summed E-state index contributed by atoms with van der Waals surface area (Å²) in [7, 11) is 0. The largest absolute Gasteiger partial charge is 0.337 e. The van der Waals surface area contributed by atoms with Gasteiger partial charge >= 0.3 is 0 Å². The summed E-state index contributed by atoms with van der Waals surface area (Å²) < 4.78 is 0. The van der Waals surface area contributed by atoms with Crippen LogP contribution in [0.15, 0.2) is 0 Å². The Morgan fingerprint density at radius 3 is 3.20 bits per heavy atom. The van der Waals surface area contributed by atoms with Crippen molar-refractivity contribution in [3.8, 4) is 0 Å². The highest BCUT2D eigenvalue weighted by Gasteiger charge is 2.65. The van der Waals surface area contributed by atoms with Crippen molar-refractivity contribution in [3.63, 3.8) is 0 Å². The number of carbonyl (C=O) groups is 1. The fraction of sp³-hybridized carbons (Fsp3) is 0.875. The highest BCUT2D eigenvalue weighted by atomic mass is 16.2. The summed E-state index contributed by atoms with van der Waals surface area (Å²) >= 11 is 0. The van der Waals surface area contributed by atoms with Gasteiger partial charge in [-0.25, -0.2) is 0 Å². The maximum atomic E-state index is 11.2. The molecule has 54 valence electrons. The molecule has 0 radical (unpaired) electrons. The first-order valence-corrected chi connectivity index (χ1v) is 4.13. The number of hydrogen-bond acceptors (Lipinski definition) is 1. The molecule has 3 aliphatic rings. The number of rotatable bonds is 0. The number of amides is 1. The van der Waals surface area contributed by atoms with Crippen molar-refractivity contribution >= 4 is 5.91 Å². The Bertz CT molecular complexity index is 213. The Labute approximate surface area is 60.2 Å². The van der Waals surface area contributed by atoms with Gasteiger partial charge < -0.3 is 4.90 Å². The topological polar surface area (TPSA) is 20.3 Å². The normalized spacial score (nSPS) is 49.4. The molecule has 0 N–H and O–H groups in total. The van der Waals surface area contributed by atoms with Crippen LogP contribution in [-0.4, -0.2) is 22.9 Å². The fourth-order valence-electron chi connectivity index (χ4n) is 2.85. The molecule has 2 heterocycles. The first kappa shape index (κ1) is 5.16. The molecule has 3 fully saturated rings. The molecule has 1 saturated carbocycles. The zero-order valence-corrected chi connectivity index (χ0v) is 5.97. The zero-order chi connectivity index (χ0) is 6.77. The van der Waals surface area contributed by atoms with E-state index >= 15 is 0 Å². The van der Waals surface area contributed by atoms with E-state index in [1.54, 1.807) is 0 Å². The molecule has 2 aliphatic heterocycles. The van der Waals surface area contributed by atoms with Gasteiger partial charge in [-0.2, -0.15) is 0 Å². The lowest BCUT2D eigenvalue weighted by Gasteiger charge is -2.18. The second kappa shape index (κ2) is 1.25. The molecule has 1 amide bonds. The lowest BCUT2D eigenvalue weighted by Crippen LogP contribution is -2.31. The van der Waals surface area contributed by atoms with Gasteiger partial charge in [0.15, 0.2) is 0 Å². The summed E-state index contributed by atoms with van der Waals surface area (Å²) in [6.45, 7) is 1.06. The maximum absolute atomic E-state index is 11.2. The molecule has 2 heteroatoms. The number of piperidine rings is 1. The zero-order valence-electron chi connectivity index (χ0n) is 5.97. The van der Waals surface area contributed by atoms with Gasteiger partial charge in [0.1, 0.15) is 0 Å². The summed E-state index contributed by atoms with van der Waals surface area (Å²) in [6.07, 6.45) is 4.59. The van der Waals surface area contributed by atoms with Crippen molar-refractivity contribution < 1.29 is 4.79 Å². The van der Waals surface area contributed by atoms with Crippen LogP contribution in [0, 0.1) is 5.92 Å². The highest BCUT2D eigenvalue weighted by Crippen LogP contribution is 2.61. The quantitative estimate of drug-likeness (QED) is 0.483. The van der Waals surface area contributed by atoms with Crippen LogP contribution in [0.2, 0.25) is 0 Å². The van der Waals surface area contributed by atoms with E-state index in [9.17, 15) is 4.79 Å². The summed E-state index contributed by atoms with van der Waals surface area (Å²) in [5.41, 5.74) is 0.428. The minimum atomic E-state index is 0.417. The molecule has 2 nitrogen and oxygen atoms in total. The second-order valence-electron chi connectivity index (χ2n) is 3.84. The van der Waals surface area contributed by atoms with Crippen molar-refractivity contribution in [2.75, 3.05) is 6.54 Å². The maximum Gasteiger partial charge on any atom is 0.223 e. The average molecular weight is 137 g/mol. The molecule has 2 saturated heterocycles. The van der Waals surface area contributed by atoms with Crippen molar-refractivity contribution in [2.45, 2.75) is 31.2 Å². The van der Waals surface area contributed by atoms with E-state index in [2.05, 4.69) is 4.90 Å². The van der Waals surface area contributed by atoms with Gasteiger partial charge in [-0.1, -0.05) is 0 Å². The van der Waals surface area contributed by atoms with E-state index in [0.29, 0.717) is 11.4 Å². The van der Waals surface area contributed by atoms with Crippen LogP contribution in [0.5, 0.6) is 0 Å². The van der Waals surface area contributed by atoms with Crippen LogP contribution < -0.4 is 0 Å². The minimum Gasteiger partial charge on any atom is -0.337 e. The lowest BCUT2D eigenvalue weighted by molar-refractivity contribution is -0.128. The standard InChI is InChI=1S/C8H11NO/c10-7-1-3-8-5-6(8)2-4-9(7)8/h6H,1-5H2. The van der Waals surface area contributed by atoms with Crippen molar-refractivity contribution in [1.82, 2.24) is 4.90 Å². The smallest absolute Gasteiger partial charge is 0.223 e. The van der Waals surface area contributed by atoms with Gasteiger partial charge in [0, 0.05) is 18.5 Å². The molecule has 0 aromatic rings. The summed E-state index contributed by atoms with van der Waals surface area (Å²) in [5, 5.41) is 0. The van der Waals surface area contributed by atoms with E-state index in [0.717, 1.165) is 25.3 Å². The summed E-state index contributed by atoms with van der Waals surface area (Å²) in [6, 6.07) is 0. The van der Waals surface area contributed by atoms with Gasteiger partial charge in [-0.3, -0.25) is 4.79 Å². The van der Waals surface area contributed by atoms with Gasteiger partial charge in [-0.05, 0) is 25.2 Å². The predicted octanol–water partition coefficient (Wildman–Crippen LogP) is 0.771. The molecule has 0 bridgehead atoms. The van der Waals surface area contributed by atoms with Crippen molar-refractivity contribution in [1.29, 1.82) is 0 Å². The summed E-state index contributed by atoms with van der Waals surface area (Å²) in [4.78, 5) is 13.4. The fourth-order valence-corrected chi connectivity index (χ4v) is 2.85. The molecule has 2 unspecified atom stereocenters. The van der Waals surface area contributed by atoms with Crippen LogP contribution in [0.1, 0.15) is 25.7 Å². The molecule has 2 atom stereocenters. The second-order valence-corrected chi connectivity index (χ2v) is 3.84. The first-order chi connectivity index (χ1) is 4.83. The van der Waals surface area contributed by atoms with E-state index < -0.39 is 0 Å². The van der Waals surface area contributed by atoms with Crippen molar-refractivity contribution in [2.24, 2.45) is 5.92 Å². The third kappa shape index (κ3) is 0.360. The van der Waals surface area contributed by atoms with Crippen molar-refractivity contribution in [3.05, 3.63) is 0 Å². The van der Waals surface area contributed by atoms with Crippen LogP contribution >= 0.6 is 0 Å². The number of hydrogen-bond donors (Lipinski definition) is 0. The van der Waals surface area contributed by atoms with Crippen LogP contribution in [0.3, 0.4) is 0 Å². The highest BCUT2D eigenvalue weighted by molar-refractivity contribution is 5.81. The van der Waals surface area contributed by atoms with Gasteiger partial charge in [-0.15, -0.1) is 0 Å². The van der Waals surface area contributed by atoms with E-state index in [1.807, 2.05) is 0 Å². The van der Waals surface area contributed by atoms with Crippen LogP contribution in [0.25, 0.3) is 0 Å². The molecular formula is C8H11NO. The van der Waals surface area contributed by atoms with E-state index in [-0.39, 0.29) is 0 Å². The predicted molar refractivity (Wildman–Crippen MR) is 36.4 cm³/mol. The third-order valence-corrected chi connectivity index (χ3v) is 3.51. The van der Waals surface area contributed by atoms with Gasteiger partial charge in [0.25, 0.3) is 0 Å². The van der Waals surface area contributed by atoms with Crippen LogP contribution in [0.4, 0.5) is 0 Å². The molecule has 0 aromatic heterocycles. The molecule has 3 rings (SSSR count). The number of carbonyl (C=O) groups excluding carboxylic acids is 1. The SMILES string of the molecule is O=C1CCC23CC2CCN13. The van der Waals surface area contributed by atoms with E-state index in [1.165, 1.54) is 12.8 Å². The number of nitrogens with zero attached hydrogens (tertiary/aromatic N) is 1. The Kier molecular flexibility index (Phi) is 0.644. The Balaban J connectivity index is 2.03. The van der Waals surface area contributed by atoms with Gasteiger partial charge in [0.2, 0.25) is 5.91 Å². The van der Waals surface area contributed by atoms with Gasteiger partial charge in [0.05, 0.1) is 0 Å². The molecule has 1 spiro atoms. The molecule has 1 aliphatic carbocycles. The lowest BCUT2D eigenvalue weighted by atomic mass is 10.1. The molecule has 10 heavy (non-hydrogen) atoms. The first-order valence-electron chi connectivity index (χ1n) is 4.13. The monoisotopic (exact) mass is 137 g/mol. The third-order valence-electron chi connectivity index (χ3n) is 3.51. The Morgan fingerprint density at radius 2 is 2.50 bits per heavy atom. The Hall–Kier alpha value is -0.530. The Morgan fingerprint density at radius 1 is 1.60 bits per heavy atom. The average Bonchev–Trinajstić information content (AvgIpc) is 2.35. The molecule has 0 aromatic carbocycles. The molecular weight excluding hydrogens is 126 g/mol. The van der Waals surface area contributed by atoms with E-state index in [4.69, 9.17) is 0 Å². The minimum absolute atomic E-state index is 0.417. The van der Waals surface area contributed by atoms with Crippen LogP contribution in [-0.2, 0) is 4.79 Å².